The molecule has 0 heterocycles. The van der Waals surface area contributed by atoms with Crippen molar-refractivity contribution >= 4 is 24.3 Å². The summed E-state index contributed by atoms with van der Waals surface area (Å²) in [5.74, 6) is -7.17. The van der Waals surface area contributed by atoms with Gasteiger partial charge in [0.25, 0.3) is 0 Å². The number of hydrogen-bond acceptors (Lipinski definition) is 4. The first kappa shape index (κ1) is 18.3. The molecule has 0 aromatic heterocycles. The van der Waals surface area contributed by atoms with Gasteiger partial charge in [0.15, 0.2) is 0 Å². The Kier molecular flexibility index (Phi) is 6.54. The van der Waals surface area contributed by atoms with Gasteiger partial charge in [-0.3, -0.25) is 0 Å². The minimum absolute atomic E-state index is 0. The Labute approximate surface area is 120 Å². The van der Waals surface area contributed by atoms with Crippen LogP contribution in [0.25, 0.3) is 0 Å². The van der Waals surface area contributed by atoms with Crippen LogP contribution in [0.2, 0.25) is 0 Å². The molecule has 0 fully saturated rings. The van der Waals surface area contributed by atoms with E-state index in [1.807, 2.05) is 0 Å². The molecule has 0 aliphatic rings. The largest absolute Gasteiger partial charge is 0.478 e. The van der Waals surface area contributed by atoms with Crippen molar-refractivity contribution in [2.24, 2.45) is 5.73 Å². The molecule has 112 valence electrons. The van der Waals surface area contributed by atoms with Gasteiger partial charge < -0.3 is 15.6 Å². The van der Waals surface area contributed by atoms with Crippen molar-refractivity contribution in [3.63, 3.8) is 0 Å². The van der Waals surface area contributed by atoms with Gasteiger partial charge in [-0.25, -0.2) is 9.59 Å². The van der Waals surface area contributed by atoms with E-state index in [0.717, 1.165) is 12.1 Å². The molecular weight excluding hydrogens is 296 g/mol. The number of ether oxygens (including phenoxy) is 1. The molecule has 0 spiro atoms. The Morgan fingerprint density at radius 3 is 2.45 bits per heavy atom. The summed E-state index contributed by atoms with van der Waals surface area (Å²) in [6, 6.07) is 2.93. The highest BCUT2D eigenvalue weighted by molar-refractivity contribution is 5.90. The van der Waals surface area contributed by atoms with Gasteiger partial charge in [-0.15, -0.1) is 12.4 Å². The molecule has 0 amide bonds. The number of carbonyl (C=O) groups is 2. The van der Waals surface area contributed by atoms with Crippen LogP contribution in [0.3, 0.4) is 0 Å². The number of carbonyl (C=O) groups excluding carboxylic acids is 1. The molecule has 3 N–H and O–H groups in total. The average molecular weight is 310 g/mol. The fraction of sp³-hybridized carbons (Fsp3) is 0.333. The second-order valence-corrected chi connectivity index (χ2v) is 3.71. The zero-order valence-corrected chi connectivity index (χ0v) is 11.3. The maximum atomic E-state index is 13.7. The topological polar surface area (TPSA) is 89.6 Å². The van der Waals surface area contributed by atoms with Crippen LogP contribution in [0, 0.1) is 0 Å². The van der Waals surface area contributed by atoms with E-state index in [-0.39, 0.29) is 30.1 Å². The average Bonchev–Trinajstić information content (AvgIpc) is 2.38. The van der Waals surface area contributed by atoms with Crippen molar-refractivity contribution in [3.05, 3.63) is 35.4 Å². The van der Waals surface area contributed by atoms with Crippen LogP contribution in [0.5, 0.6) is 0 Å². The van der Waals surface area contributed by atoms with E-state index < -0.39 is 23.9 Å². The van der Waals surface area contributed by atoms with Gasteiger partial charge >= 0.3 is 17.9 Å². The van der Waals surface area contributed by atoms with Crippen molar-refractivity contribution in [2.75, 3.05) is 6.61 Å². The van der Waals surface area contributed by atoms with Crippen LogP contribution >= 0.6 is 12.4 Å². The fourth-order valence-corrected chi connectivity index (χ4v) is 1.51. The van der Waals surface area contributed by atoms with Gasteiger partial charge in [-0.1, -0.05) is 18.2 Å². The van der Waals surface area contributed by atoms with Gasteiger partial charge in [-0.05, 0) is 18.6 Å². The van der Waals surface area contributed by atoms with E-state index in [2.05, 4.69) is 4.74 Å². The second kappa shape index (κ2) is 7.16. The van der Waals surface area contributed by atoms with E-state index in [1.54, 1.807) is 0 Å². The van der Waals surface area contributed by atoms with Gasteiger partial charge in [0.2, 0.25) is 0 Å². The first-order chi connectivity index (χ1) is 8.82. The van der Waals surface area contributed by atoms with Crippen LogP contribution < -0.4 is 5.73 Å². The van der Waals surface area contributed by atoms with Crippen molar-refractivity contribution in [1.29, 1.82) is 0 Å². The zero-order chi connectivity index (χ0) is 14.6. The first-order valence-electron chi connectivity index (χ1n) is 5.45. The third-order valence-corrected chi connectivity index (χ3v) is 2.46. The second-order valence-electron chi connectivity index (χ2n) is 3.71. The van der Waals surface area contributed by atoms with E-state index >= 15 is 0 Å². The molecule has 0 aliphatic carbocycles. The number of alkyl halides is 2. The van der Waals surface area contributed by atoms with Crippen LogP contribution in [-0.2, 0) is 9.53 Å². The van der Waals surface area contributed by atoms with E-state index in [1.165, 1.54) is 19.1 Å². The molecule has 8 heteroatoms. The minimum atomic E-state index is -4.00. The maximum Gasteiger partial charge on any atom is 0.379 e. The predicted molar refractivity (Wildman–Crippen MR) is 69.2 cm³/mol. The lowest BCUT2D eigenvalue weighted by Crippen LogP contribution is -2.42. The number of benzene rings is 1. The highest BCUT2D eigenvalue weighted by atomic mass is 35.5. The molecule has 1 aromatic carbocycles. The minimum Gasteiger partial charge on any atom is -0.478 e. The number of rotatable bonds is 5. The third kappa shape index (κ3) is 3.64. The number of aromatic carboxylic acids is 1. The molecule has 20 heavy (non-hydrogen) atoms. The van der Waals surface area contributed by atoms with E-state index in [9.17, 15) is 18.4 Å². The number of carboxylic acid groups (broad SMARTS) is 1. The third-order valence-electron chi connectivity index (χ3n) is 2.46. The highest BCUT2D eigenvalue weighted by Crippen LogP contribution is 2.32. The fourth-order valence-electron chi connectivity index (χ4n) is 1.51. The molecule has 1 rings (SSSR count). The zero-order valence-electron chi connectivity index (χ0n) is 10.5. The van der Waals surface area contributed by atoms with Crippen molar-refractivity contribution in [1.82, 2.24) is 0 Å². The smallest absolute Gasteiger partial charge is 0.379 e. The van der Waals surface area contributed by atoms with Crippen LogP contribution in [0.1, 0.15) is 28.9 Å². The Morgan fingerprint density at radius 2 is 1.95 bits per heavy atom. The lowest BCUT2D eigenvalue weighted by atomic mass is 9.96. The predicted octanol–water partition coefficient (Wildman–Crippen LogP) is 2.00. The lowest BCUT2D eigenvalue weighted by Gasteiger charge is -2.22. The Bertz CT molecular complexity index is 496. The summed E-state index contributed by atoms with van der Waals surface area (Å²) < 4.78 is 31.7. The van der Waals surface area contributed by atoms with Gasteiger partial charge in [0.1, 0.15) is 6.04 Å². The highest BCUT2D eigenvalue weighted by Gasteiger charge is 2.48. The molecule has 0 aliphatic heterocycles. The molecule has 0 unspecified atom stereocenters. The Hall–Kier alpha value is -1.73. The number of carboxylic acids is 1. The molecular formula is C12H14ClF2NO4. The summed E-state index contributed by atoms with van der Waals surface area (Å²) >= 11 is 0. The Balaban J connectivity index is 0.00000361. The van der Waals surface area contributed by atoms with Crippen molar-refractivity contribution < 1.29 is 28.2 Å². The van der Waals surface area contributed by atoms with E-state index in [0.29, 0.717) is 0 Å². The summed E-state index contributed by atoms with van der Waals surface area (Å²) in [6.07, 6.45) is 0. The molecule has 0 saturated heterocycles. The number of esters is 1. The normalized spacial score (nSPS) is 12.2. The van der Waals surface area contributed by atoms with Crippen LogP contribution in [-0.4, -0.2) is 29.6 Å². The summed E-state index contributed by atoms with van der Waals surface area (Å²) in [5.41, 5.74) is 4.63. The number of halogens is 3. The van der Waals surface area contributed by atoms with Gasteiger partial charge in [0, 0.05) is 0 Å². The summed E-state index contributed by atoms with van der Waals surface area (Å²) in [4.78, 5) is 22.1. The quantitative estimate of drug-likeness (QED) is 0.812. The Morgan fingerprint density at radius 1 is 1.40 bits per heavy atom. The lowest BCUT2D eigenvalue weighted by molar-refractivity contribution is -0.174. The molecule has 0 radical (unpaired) electrons. The van der Waals surface area contributed by atoms with Crippen LogP contribution in [0.15, 0.2) is 24.3 Å². The van der Waals surface area contributed by atoms with Crippen molar-refractivity contribution in [2.45, 2.75) is 18.9 Å². The molecule has 0 saturated carbocycles. The molecule has 0 bridgehead atoms. The first-order valence-corrected chi connectivity index (χ1v) is 5.45. The standard InChI is InChI=1S/C12H13F2NO4.ClH/c1-2-19-11(18)12(13,14)9(15)7-5-3-4-6-8(7)10(16)17;/h3-6,9H,2,15H2,1H3,(H,16,17);1H/t9-;/m0./s1. The molecule has 5 nitrogen and oxygen atoms in total. The van der Waals surface area contributed by atoms with Crippen LogP contribution in [0.4, 0.5) is 8.78 Å². The summed E-state index contributed by atoms with van der Waals surface area (Å²) in [6.45, 7) is 1.16. The maximum absolute atomic E-state index is 13.7. The molecule has 1 aromatic rings. The van der Waals surface area contributed by atoms with Gasteiger partial charge in [-0.2, -0.15) is 8.78 Å². The summed E-state index contributed by atoms with van der Waals surface area (Å²) in [5, 5.41) is 8.91. The number of nitrogens with two attached hydrogens (primary N) is 1. The molecule has 1 atom stereocenters. The number of hydrogen-bond donors (Lipinski definition) is 2. The van der Waals surface area contributed by atoms with Gasteiger partial charge in [0.05, 0.1) is 12.2 Å². The summed E-state index contributed by atoms with van der Waals surface area (Å²) in [7, 11) is 0. The SMILES string of the molecule is CCOC(=O)C(F)(F)[C@@H](N)c1ccccc1C(=O)O.Cl. The monoisotopic (exact) mass is 309 g/mol. The van der Waals surface area contributed by atoms with Crippen molar-refractivity contribution in [3.8, 4) is 0 Å². The van der Waals surface area contributed by atoms with E-state index in [4.69, 9.17) is 10.8 Å².